The third-order valence-corrected chi connectivity index (χ3v) is 6.41. The molecule has 0 aliphatic carbocycles. The first-order valence-electron chi connectivity index (χ1n) is 10.9. The van der Waals surface area contributed by atoms with Crippen molar-refractivity contribution in [2.75, 3.05) is 28.8 Å². The summed E-state index contributed by atoms with van der Waals surface area (Å²) in [6, 6.07) is 18.2. The molecule has 8 nitrogen and oxygen atoms in total. The van der Waals surface area contributed by atoms with Crippen LogP contribution >= 0.6 is 11.6 Å². The van der Waals surface area contributed by atoms with Gasteiger partial charge in [0.15, 0.2) is 0 Å². The quantitative estimate of drug-likeness (QED) is 0.543. The lowest BCUT2D eigenvalue weighted by molar-refractivity contribution is -0.122. The number of carbonyl (C=O) groups is 4. The Hall–Kier alpha value is -4.17. The molecule has 1 fully saturated rings. The van der Waals surface area contributed by atoms with Crippen LogP contribution in [0.1, 0.15) is 27.1 Å². The van der Waals surface area contributed by atoms with Gasteiger partial charge in [-0.1, -0.05) is 29.8 Å². The maximum Gasteiger partial charge on any atom is 0.266 e. The molecule has 5 rings (SSSR count). The van der Waals surface area contributed by atoms with E-state index >= 15 is 0 Å². The fourth-order valence-corrected chi connectivity index (χ4v) is 4.59. The van der Waals surface area contributed by atoms with Gasteiger partial charge in [-0.05, 0) is 42.5 Å². The van der Waals surface area contributed by atoms with E-state index in [0.717, 1.165) is 4.90 Å². The normalized spacial score (nSPS) is 17.1. The number of anilines is 3. The van der Waals surface area contributed by atoms with E-state index in [2.05, 4.69) is 5.32 Å². The molecule has 35 heavy (non-hydrogen) atoms. The van der Waals surface area contributed by atoms with E-state index in [-0.39, 0.29) is 35.5 Å². The van der Waals surface area contributed by atoms with Gasteiger partial charge in [-0.25, -0.2) is 4.90 Å². The molecule has 9 heteroatoms. The number of benzene rings is 3. The van der Waals surface area contributed by atoms with Crippen LogP contribution < -0.4 is 19.9 Å². The molecular weight excluding hydrogens is 470 g/mol. The number of hydrogen-bond donors (Lipinski definition) is 1. The van der Waals surface area contributed by atoms with Gasteiger partial charge in [0.1, 0.15) is 5.75 Å². The molecule has 0 bridgehead atoms. The number of rotatable bonds is 5. The highest BCUT2D eigenvalue weighted by molar-refractivity contribution is 6.40. The van der Waals surface area contributed by atoms with E-state index < -0.39 is 17.7 Å². The maximum atomic E-state index is 12.9. The predicted molar refractivity (Wildman–Crippen MR) is 131 cm³/mol. The summed E-state index contributed by atoms with van der Waals surface area (Å²) in [5.41, 5.74) is 1.93. The average molecular weight is 490 g/mol. The highest BCUT2D eigenvalue weighted by Crippen LogP contribution is 2.35. The van der Waals surface area contributed by atoms with Crippen molar-refractivity contribution in [3.05, 3.63) is 82.9 Å². The topological polar surface area (TPSA) is 96.0 Å². The fourth-order valence-electron chi connectivity index (χ4n) is 4.33. The van der Waals surface area contributed by atoms with Gasteiger partial charge >= 0.3 is 0 Å². The Bertz CT molecular complexity index is 1350. The van der Waals surface area contributed by atoms with Gasteiger partial charge in [0.25, 0.3) is 11.8 Å². The maximum absolute atomic E-state index is 12.9. The molecule has 1 unspecified atom stereocenters. The second-order valence-electron chi connectivity index (χ2n) is 8.25. The number of methoxy groups -OCH3 is 1. The Morgan fingerprint density at radius 1 is 0.971 bits per heavy atom. The van der Waals surface area contributed by atoms with Gasteiger partial charge in [0, 0.05) is 30.4 Å². The van der Waals surface area contributed by atoms with Crippen molar-refractivity contribution in [3.63, 3.8) is 0 Å². The first-order chi connectivity index (χ1) is 16.9. The van der Waals surface area contributed by atoms with E-state index in [9.17, 15) is 19.2 Å². The molecule has 2 aliphatic rings. The van der Waals surface area contributed by atoms with Crippen molar-refractivity contribution in [3.8, 4) is 5.75 Å². The zero-order chi connectivity index (χ0) is 24.7. The van der Waals surface area contributed by atoms with Crippen molar-refractivity contribution >= 4 is 52.3 Å². The Morgan fingerprint density at radius 3 is 2.34 bits per heavy atom. The number of ether oxygens (including phenoxy) is 1. The minimum Gasteiger partial charge on any atom is -0.497 e. The van der Waals surface area contributed by atoms with E-state index in [1.807, 2.05) is 0 Å². The minimum absolute atomic E-state index is 0.0733. The number of halogens is 1. The van der Waals surface area contributed by atoms with Crippen LogP contribution in [0.15, 0.2) is 66.7 Å². The molecular formula is C26H20ClN3O5. The van der Waals surface area contributed by atoms with Crippen LogP contribution in [0.25, 0.3) is 0 Å². The summed E-state index contributed by atoms with van der Waals surface area (Å²) in [6.45, 7) is 0.235. The summed E-state index contributed by atoms with van der Waals surface area (Å²) in [6.07, 6.45) is 0.0733. The Balaban J connectivity index is 1.30. The molecule has 0 saturated carbocycles. The van der Waals surface area contributed by atoms with Crippen LogP contribution in [-0.2, 0) is 9.59 Å². The van der Waals surface area contributed by atoms with Crippen molar-refractivity contribution < 1.29 is 23.9 Å². The van der Waals surface area contributed by atoms with Gasteiger partial charge in [-0.2, -0.15) is 0 Å². The number of amides is 4. The van der Waals surface area contributed by atoms with Crippen LogP contribution in [0.5, 0.6) is 5.75 Å². The summed E-state index contributed by atoms with van der Waals surface area (Å²) in [5, 5.41) is 2.92. The van der Waals surface area contributed by atoms with Crippen LogP contribution in [0.3, 0.4) is 0 Å². The van der Waals surface area contributed by atoms with Crippen LogP contribution in [0.2, 0.25) is 5.02 Å². The molecule has 1 saturated heterocycles. The monoisotopic (exact) mass is 489 g/mol. The van der Waals surface area contributed by atoms with Crippen molar-refractivity contribution in [2.24, 2.45) is 5.92 Å². The molecule has 2 aliphatic heterocycles. The van der Waals surface area contributed by atoms with Gasteiger partial charge < -0.3 is 15.0 Å². The zero-order valence-corrected chi connectivity index (χ0v) is 19.4. The van der Waals surface area contributed by atoms with E-state index in [0.29, 0.717) is 28.3 Å². The van der Waals surface area contributed by atoms with Crippen molar-refractivity contribution in [1.82, 2.24) is 0 Å². The standard InChI is InChI=1S/C26H20ClN3O5/c1-35-18-6-4-5-17(13-18)29-14-15(11-23(29)31)24(32)28-16-9-10-22(21(27)12-16)30-25(33)19-7-2-3-8-20(19)26(30)34/h2-10,12-13,15H,11,14H2,1H3,(H,28,32). The Morgan fingerprint density at radius 2 is 1.69 bits per heavy atom. The molecule has 3 aromatic carbocycles. The first-order valence-corrected chi connectivity index (χ1v) is 11.3. The average Bonchev–Trinajstić information content (AvgIpc) is 3.37. The Labute approximate surface area is 206 Å². The summed E-state index contributed by atoms with van der Waals surface area (Å²) >= 11 is 6.41. The van der Waals surface area contributed by atoms with Crippen molar-refractivity contribution in [2.45, 2.75) is 6.42 Å². The van der Waals surface area contributed by atoms with E-state index in [1.54, 1.807) is 66.6 Å². The number of imide groups is 1. The van der Waals surface area contributed by atoms with Crippen LogP contribution in [0.4, 0.5) is 17.1 Å². The van der Waals surface area contributed by atoms with E-state index in [4.69, 9.17) is 16.3 Å². The summed E-state index contributed by atoms with van der Waals surface area (Å²) in [5.74, 6) is -1.32. The number of nitrogens with one attached hydrogen (secondary N) is 1. The predicted octanol–water partition coefficient (Wildman–Crippen LogP) is 4.14. The number of hydrogen-bond acceptors (Lipinski definition) is 5. The summed E-state index contributed by atoms with van der Waals surface area (Å²) < 4.78 is 5.22. The first kappa shape index (κ1) is 22.6. The number of nitrogens with zero attached hydrogens (tertiary/aromatic N) is 2. The highest BCUT2D eigenvalue weighted by Gasteiger charge is 2.38. The van der Waals surface area contributed by atoms with Gasteiger partial charge in [0.05, 0.1) is 34.9 Å². The molecule has 2 heterocycles. The lowest BCUT2D eigenvalue weighted by Gasteiger charge is -2.18. The van der Waals surface area contributed by atoms with Crippen molar-refractivity contribution in [1.29, 1.82) is 0 Å². The van der Waals surface area contributed by atoms with Gasteiger partial charge in [0.2, 0.25) is 11.8 Å². The molecule has 176 valence electrons. The highest BCUT2D eigenvalue weighted by atomic mass is 35.5. The molecule has 3 aromatic rings. The molecule has 1 N–H and O–H groups in total. The van der Waals surface area contributed by atoms with Gasteiger partial charge in [-0.15, -0.1) is 0 Å². The summed E-state index contributed by atoms with van der Waals surface area (Å²) in [7, 11) is 1.55. The van der Waals surface area contributed by atoms with Crippen LogP contribution in [0, 0.1) is 5.92 Å². The SMILES string of the molecule is COc1cccc(N2CC(C(=O)Nc3ccc(N4C(=O)c5ccccc5C4=O)c(Cl)c3)CC2=O)c1. The fraction of sp³-hybridized carbons (Fsp3) is 0.154. The molecule has 1 atom stereocenters. The smallest absolute Gasteiger partial charge is 0.266 e. The number of fused-ring (bicyclic) bond motifs is 1. The second kappa shape index (κ2) is 8.88. The summed E-state index contributed by atoms with van der Waals surface area (Å²) in [4.78, 5) is 53.5. The lowest BCUT2D eigenvalue weighted by Crippen LogP contribution is -2.30. The third-order valence-electron chi connectivity index (χ3n) is 6.11. The van der Waals surface area contributed by atoms with Crippen LogP contribution in [-0.4, -0.2) is 37.3 Å². The lowest BCUT2D eigenvalue weighted by atomic mass is 10.1. The second-order valence-corrected chi connectivity index (χ2v) is 8.66. The molecule has 0 radical (unpaired) electrons. The minimum atomic E-state index is -0.552. The Kier molecular flexibility index (Phi) is 5.74. The third kappa shape index (κ3) is 4.02. The number of carbonyl (C=O) groups excluding carboxylic acids is 4. The largest absolute Gasteiger partial charge is 0.497 e. The zero-order valence-electron chi connectivity index (χ0n) is 18.7. The molecule has 4 amide bonds. The molecule has 0 spiro atoms. The van der Waals surface area contributed by atoms with E-state index in [1.165, 1.54) is 12.1 Å². The van der Waals surface area contributed by atoms with Gasteiger partial charge in [-0.3, -0.25) is 19.2 Å². The molecule has 0 aromatic heterocycles.